The molecule has 5 nitrogen and oxygen atoms in total. The molecule has 0 aliphatic carbocycles. The lowest BCUT2D eigenvalue weighted by molar-refractivity contribution is -0.119. The molecule has 2 aliphatic heterocycles. The Bertz CT molecular complexity index is 907. The number of benzene rings is 2. The first-order chi connectivity index (χ1) is 11.6. The van der Waals surface area contributed by atoms with Crippen LogP contribution in [0.5, 0.6) is 0 Å². The molecule has 0 radical (unpaired) electrons. The van der Waals surface area contributed by atoms with Gasteiger partial charge in [-0.15, -0.1) is 0 Å². The van der Waals surface area contributed by atoms with Crippen molar-refractivity contribution >= 4 is 55.0 Å². The summed E-state index contributed by atoms with van der Waals surface area (Å²) in [5.74, 6) is 0.609. The van der Waals surface area contributed by atoms with Crippen molar-refractivity contribution in [2.75, 3.05) is 18.0 Å². The number of halogens is 2. The number of fused-ring (bicyclic) bond motifs is 3. The van der Waals surface area contributed by atoms with Crippen molar-refractivity contribution < 1.29 is 4.79 Å². The van der Waals surface area contributed by atoms with Crippen LogP contribution in [0.1, 0.15) is 11.1 Å². The van der Waals surface area contributed by atoms with Crippen molar-refractivity contribution in [1.82, 2.24) is 5.43 Å². The van der Waals surface area contributed by atoms with Gasteiger partial charge in [-0.25, -0.2) is 5.43 Å². The lowest BCUT2D eigenvalue weighted by atomic mass is 10.00. The van der Waals surface area contributed by atoms with E-state index in [-0.39, 0.29) is 12.5 Å². The first-order valence-electron chi connectivity index (χ1n) is 7.36. The topological polar surface area (TPSA) is 57.1 Å². The molecule has 0 atom stereocenters. The van der Waals surface area contributed by atoms with Crippen LogP contribution in [-0.2, 0) is 4.79 Å². The van der Waals surface area contributed by atoms with Crippen LogP contribution in [0.4, 0.5) is 5.69 Å². The number of nitrogens with zero attached hydrogens (tertiary/aromatic N) is 3. The van der Waals surface area contributed by atoms with Gasteiger partial charge in [-0.2, -0.15) is 5.10 Å². The summed E-state index contributed by atoms with van der Waals surface area (Å²) in [5.41, 5.74) is 6.32. The van der Waals surface area contributed by atoms with Gasteiger partial charge in [0.2, 0.25) is 0 Å². The summed E-state index contributed by atoms with van der Waals surface area (Å²) >= 11 is 7.15. The van der Waals surface area contributed by atoms with Gasteiger partial charge < -0.3 is 4.90 Å². The second kappa shape index (κ2) is 6.14. The lowest BCUT2D eigenvalue weighted by Gasteiger charge is -2.28. The van der Waals surface area contributed by atoms with Gasteiger partial charge in [0.15, 0.2) is 5.84 Å². The molecule has 0 spiro atoms. The minimum atomic E-state index is -0.128. The number of rotatable bonds is 1. The average Bonchev–Trinajstić information content (AvgIpc) is 2.72. The van der Waals surface area contributed by atoms with Gasteiger partial charge in [0.1, 0.15) is 6.54 Å². The van der Waals surface area contributed by atoms with Crippen molar-refractivity contribution in [1.29, 1.82) is 0 Å². The molecule has 1 N–H and O–H groups in total. The summed E-state index contributed by atoms with van der Waals surface area (Å²) in [6, 6.07) is 14.0. The summed E-state index contributed by atoms with van der Waals surface area (Å²) in [6.45, 7) is 0.648. The van der Waals surface area contributed by atoms with E-state index in [0.717, 1.165) is 37.3 Å². The van der Waals surface area contributed by atoms with Crippen LogP contribution in [0.25, 0.3) is 0 Å². The predicted octanol–water partition coefficient (Wildman–Crippen LogP) is 3.31. The summed E-state index contributed by atoms with van der Waals surface area (Å²) < 4.78 is 1.94. The van der Waals surface area contributed by atoms with Crippen LogP contribution in [0.2, 0.25) is 0 Å². The van der Waals surface area contributed by atoms with Crippen molar-refractivity contribution in [2.24, 2.45) is 10.1 Å². The van der Waals surface area contributed by atoms with Gasteiger partial charge in [0.25, 0.3) is 5.91 Å². The standard InChI is InChI=1S/C17H12Br2N4O/c18-10-5-6-14-12(7-10)17(11-3-1-2-4-13(11)19)20-8-15-21-22-16(24)9-23(14)15/h1-7H,8-9H2,(H,22,24). The van der Waals surface area contributed by atoms with Crippen LogP contribution in [0.15, 0.2) is 61.5 Å². The van der Waals surface area contributed by atoms with Crippen LogP contribution in [0.3, 0.4) is 0 Å². The molecular weight excluding hydrogens is 436 g/mol. The van der Waals surface area contributed by atoms with E-state index in [1.165, 1.54) is 0 Å². The molecule has 24 heavy (non-hydrogen) atoms. The Morgan fingerprint density at radius 1 is 1.08 bits per heavy atom. The molecule has 0 saturated carbocycles. The second-order valence-electron chi connectivity index (χ2n) is 5.46. The molecular formula is C17H12Br2N4O. The fourth-order valence-electron chi connectivity index (χ4n) is 2.85. The maximum atomic E-state index is 11.8. The van der Waals surface area contributed by atoms with E-state index in [0.29, 0.717) is 6.54 Å². The lowest BCUT2D eigenvalue weighted by Crippen LogP contribution is -2.46. The number of amidine groups is 1. The van der Waals surface area contributed by atoms with Crippen LogP contribution < -0.4 is 10.3 Å². The van der Waals surface area contributed by atoms with Gasteiger partial charge in [0.05, 0.1) is 17.9 Å². The normalized spacial score (nSPS) is 16.4. The van der Waals surface area contributed by atoms with E-state index in [9.17, 15) is 4.79 Å². The van der Waals surface area contributed by atoms with E-state index in [1.807, 2.05) is 47.4 Å². The summed E-state index contributed by atoms with van der Waals surface area (Å²) in [6.07, 6.45) is 0. The van der Waals surface area contributed by atoms with Crippen molar-refractivity contribution in [3.8, 4) is 0 Å². The average molecular weight is 448 g/mol. The highest BCUT2D eigenvalue weighted by Crippen LogP contribution is 2.32. The number of hydrazone groups is 1. The number of hydrogen-bond acceptors (Lipinski definition) is 4. The van der Waals surface area contributed by atoms with Gasteiger partial charge in [0, 0.05) is 20.1 Å². The van der Waals surface area contributed by atoms with Gasteiger partial charge in [-0.1, -0.05) is 50.1 Å². The Balaban J connectivity index is 1.95. The Morgan fingerprint density at radius 3 is 2.75 bits per heavy atom. The number of nitrogens with one attached hydrogen (secondary N) is 1. The maximum Gasteiger partial charge on any atom is 0.260 e. The number of amides is 1. The number of carbonyl (C=O) groups excluding carboxylic acids is 1. The second-order valence-corrected chi connectivity index (χ2v) is 7.23. The molecule has 2 aromatic carbocycles. The van der Waals surface area contributed by atoms with E-state index in [1.54, 1.807) is 0 Å². The number of carbonyl (C=O) groups is 1. The highest BCUT2D eigenvalue weighted by molar-refractivity contribution is 9.10. The van der Waals surface area contributed by atoms with Gasteiger partial charge in [-0.3, -0.25) is 9.79 Å². The Kier molecular flexibility index (Phi) is 3.97. The molecule has 0 unspecified atom stereocenters. The highest BCUT2D eigenvalue weighted by Gasteiger charge is 2.28. The maximum absolute atomic E-state index is 11.8. The molecule has 0 saturated heterocycles. The largest absolute Gasteiger partial charge is 0.317 e. The predicted molar refractivity (Wildman–Crippen MR) is 102 cm³/mol. The Morgan fingerprint density at radius 2 is 1.92 bits per heavy atom. The molecule has 2 aliphatic rings. The molecule has 2 aromatic rings. The zero-order valence-corrected chi connectivity index (χ0v) is 15.6. The van der Waals surface area contributed by atoms with Crippen molar-refractivity contribution in [3.05, 3.63) is 62.5 Å². The Labute approximate surface area is 155 Å². The summed E-state index contributed by atoms with van der Waals surface area (Å²) in [4.78, 5) is 18.5. The number of hydrogen-bond donors (Lipinski definition) is 1. The smallest absolute Gasteiger partial charge is 0.260 e. The zero-order chi connectivity index (χ0) is 16.7. The first-order valence-corrected chi connectivity index (χ1v) is 8.94. The molecule has 0 aromatic heterocycles. The van der Waals surface area contributed by atoms with E-state index in [2.05, 4.69) is 42.4 Å². The molecule has 1 amide bonds. The van der Waals surface area contributed by atoms with Crippen molar-refractivity contribution in [3.63, 3.8) is 0 Å². The van der Waals surface area contributed by atoms with E-state index < -0.39 is 0 Å². The van der Waals surface area contributed by atoms with Crippen LogP contribution >= 0.6 is 31.9 Å². The van der Waals surface area contributed by atoms with Crippen LogP contribution in [0, 0.1) is 0 Å². The molecule has 2 heterocycles. The third-order valence-electron chi connectivity index (χ3n) is 3.94. The highest BCUT2D eigenvalue weighted by atomic mass is 79.9. The molecule has 0 bridgehead atoms. The molecule has 7 heteroatoms. The summed E-state index contributed by atoms with van der Waals surface area (Å²) in [5, 5.41) is 4.18. The molecule has 120 valence electrons. The van der Waals surface area contributed by atoms with E-state index >= 15 is 0 Å². The van der Waals surface area contributed by atoms with Gasteiger partial charge >= 0.3 is 0 Å². The number of anilines is 1. The summed E-state index contributed by atoms with van der Waals surface area (Å²) in [7, 11) is 0. The zero-order valence-electron chi connectivity index (χ0n) is 12.5. The minimum Gasteiger partial charge on any atom is -0.317 e. The Hall–Kier alpha value is -1.99. The first kappa shape index (κ1) is 15.5. The van der Waals surface area contributed by atoms with E-state index in [4.69, 9.17) is 4.99 Å². The number of aliphatic imine (C=N–C) groups is 1. The van der Waals surface area contributed by atoms with Crippen LogP contribution in [-0.4, -0.2) is 30.5 Å². The minimum absolute atomic E-state index is 0.128. The molecule has 0 fully saturated rings. The third kappa shape index (κ3) is 2.67. The molecule has 4 rings (SSSR count). The fraction of sp³-hybridized carbons (Fsp3) is 0.118. The fourth-order valence-corrected chi connectivity index (χ4v) is 3.69. The van der Waals surface area contributed by atoms with Crippen molar-refractivity contribution in [2.45, 2.75) is 0 Å². The SMILES string of the molecule is O=C1CN2C(=NN1)CN=C(c1ccccc1Br)c1cc(Br)ccc12. The quantitative estimate of drug-likeness (QED) is 0.729. The third-order valence-corrected chi connectivity index (χ3v) is 5.12. The monoisotopic (exact) mass is 446 g/mol. The van der Waals surface area contributed by atoms with Gasteiger partial charge in [-0.05, 0) is 24.3 Å².